The third-order valence-electron chi connectivity index (χ3n) is 2.52. The third kappa shape index (κ3) is 6.45. The molecule has 0 aliphatic heterocycles. The van der Waals surface area contributed by atoms with Gasteiger partial charge in [-0.25, -0.2) is 0 Å². The molecular formula is C12H24. The zero-order chi connectivity index (χ0) is 9.45. The molecular weight excluding hydrogens is 144 g/mol. The smallest absolute Gasteiger partial charge is 0.0299 e. The highest BCUT2D eigenvalue weighted by atomic mass is 14.2. The van der Waals surface area contributed by atoms with Crippen LogP contribution in [0, 0.1) is 5.41 Å². The molecule has 0 rings (SSSR count). The minimum Gasteiger partial charge on any atom is -0.0885 e. The zero-order valence-electron chi connectivity index (χ0n) is 9.19. The largest absolute Gasteiger partial charge is 0.0885 e. The van der Waals surface area contributed by atoms with Crippen molar-refractivity contribution < 1.29 is 0 Å². The predicted octanol–water partition coefficient (Wildman–Crippen LogP) is 4.56. The average molecular weight is 168 g/mol. The number of hydrogen-bond donors (Lipinski definition) is 0. The molecule has 0 heteroatoms. The fourth-order valence-corrected chi connectivity index (χ4v) is 0.987. The van der Waals surface area contributed by atoms with Gasteiger partial charge in [0.25, 0.3) is 0 Å². The SMILES string of the molecule is CCCCC=CCC(C)(C)CC. The summed E-state index contributed by atoms with van der Waals surface area (Å²) in [7, 11) is 0. The fourth-order valence-electron chi connectivity index (χ4n) is 0.987. The van der Waals surface area contributed by atoms with Crippen molar-refractivity contribution in [3.05, 3.63) is 12.2 Å². The summed E-state index contributed by atoms with van der Waals surface area (Å²) in [6, 6.07) is 0. The Bertz CT molecular complexity index is 120. The first-order chi connectivity index (χ1) is 5.62. The first-order valence-corrected chi connectivity index (χ1v) is 5.27. The van der Waals surface area contributed by atoms with E-state index in [1.54, 1.807) is 0 Å². The third-order valence-corrected chi connectivity index (χ3v) is 2.52. The van der Waals surface area contributed by atoms with Gasteiger partial charge >= 0.3 is 0 Å². The highest BCUT2D eigenvalue weighted by Crippen LogP contribution is 2.24. The van der Waals surface area contributed by atoms with Crippen molar-refractivity contribution in [2.75, 3.05) is 0 Å². The van der Waals surface area contributed by atoms with Crippen LogP contribution >= 0.6 is 0 Å². The van der Waals surface area contributed by atoms with Crippen molar-refractivity contribution in [3.8, 4) is 0 Å². The standard InChI is InChI=1S/C12H24/c1-5-7-8-9-10-11-12(3,4)6-2/h9-10H,5-8,11H2,1-4H3. The van der Waals surface area contributed by atoms with Gasteiger partial charge in [-0.05, 0) is 18.3 Å². The summed E-state index contributed by atoms with van der Waals surface area (Å²) in [5.74, 6) is 0. The highest BCUT2D eigenvalue weighted by Gasteiger charge is 2.11. The van der Waals surface area contributed by atoms with E-state index in [-0.39, 0.29) is 0 Å². The van der Waals surface area contributed by atoms with Crippen LogP contribution in [0.5, 0.6) is 0 Å². The number of rotatable bonds is 6. The molecule has 0 aromatic rings. The molecule has 0 aliphatic carbocycles. The van der Waals surface area contributed by atoms with E-state index >= 15 is 0 Å². The lowest BCUT2D eigenvalue weighted by atomic mass is 9.86. The summed E-state index contributed by atoms with van der Waals surface area (Å²) < 4.78 is 0. The summed E-state index contributed by atoms with van der Waals surface area (Å²) in [5.41, 5.74) is 0.503. The van der Waals surface area contributed by atoms with Gasteiger partial charge in [0.1, 0.15) is 0 Å². The van der Waals surface area contributed by atoms with E-state index in [9.17, 15) is 0 Å². The minimum absolute atomic E-state index is 0.503. The maximum absolute atomic E-state index is 2.35. The van der Waals surface area contributed by atoms with Crippen molar-refractivity contribution in [1.29, 1.82) is 0 Å². The number of allylic oxidation sites excluding steroid dienone is 2. The molecule has 0 radical (unpaired) electrons. The zero-order valence-corrected chi connectivity index (χ0v) is 9.19. The van der Waals surface area contributed by atoms with Crippen LogP contribution in [0.15, 0.2) is 12.2 Å². The minimum atomic E-state index is 0.503. The summed E-state index contributed by atoms with van der Waals surface area (Å²) in [6.07, 6.45) is 11.1. The Morgan fingerprint density at radius 2 is 1.75 bits per heavy atom. The Morgan fingerprint density at radius 3 is 2.25 bits per heavy atom. The second-order valence-corrected chi connectivity index (χ2v) is 4.34. The Hall–Kier alpha value is -0.260. The normalized spacial score (nSPS) is 12.7. The molecule has 0 atom stereocenters. The molecule has 0 aromatic carbocycles. The molecule has 0 aliphatic rings. The van der Waals surface area contributed by atoms with E-state index in [2.05, 4.69) is 39.8 Å². The molecule has 0 bridgehead atoms. The molecule has 0 heterocycles. The van der Waals surface area contributed by atoms with Crippen LogP contribution in [0.25, 0.3) is 0 Å². The van der Waals surface area contributed by atoms with Crippen molar-refractivity contribution in [2.45, 2.75) is 59.8 Å². The Morgan fingerprint density at radius 1 is 1.08 bits per heavy atom. The van der Waals surface area contributed by atoms with E-state index in [0.29, 0.717) is 5.41 Å². The maximum atomic E-state index is 2.35. The lowest BCUT2D eigenvalue weighted by Crippen LogP contribution is -2.07. The molecule has 0 aromatic heterocycles. The molecule has 0 saturated carbocycles. The van der Waals surface area contributed by atoms with Crippen molar-refractivity contribution in [2.24, 2.45) is 5.41 Å². The quantitative estimate of drug-likeness (QED) is 0.403. The van der Waals surface area contributed by atoms with E-state index in [1.807, 2.05) is 0 Å². The van der Waals surface area contributed by atoms with Gasteiger partial charge in [0.15, 0.2) is 0 Å². The van der Waals surface area contributed by atoms with Crippen LogP contribution in [-0.2, 0) is 0 Å². The first-order valence-electron chi connectivity index (χ1n) is 5.27. The van der Waals surface area contributed by atoms with Gasteiger partial charge in [0.2, 0.25) is 0 Å². The fraction of sp³-hybridized carbons (Fsp3) is 0.833. The average Bonchev–Trinajstić information content (AvgIpc) is 2.04. The van der Waals surface area contributed by atoms with Gasteiger partial charge in [-0.1, -0.05) is 59.1 Å². The molecule has 0 saturated heterocycles. The summed E-state index contributed by atoms with van der Waals surface area (Å²) in [5, 5.41) is 0. The number of unbranched alkanes of at least 4 members (excludes halogenated alkanes) is 2. The Kier molecular flexibility index (Phi) is 6.14. The number of hydrogen-bond acceptors (Lipinski definition) is 0. The van der Waals surface area contributed by atoms with Crippen molar-refractivity contribution in [3.63, 3.8) is 0 Å². The molecule has 0 nitrogen and oxygen atoms in total. The molecule has 0 spiro atoms. The summed E-state index contributed by atoms with van der Waals surface area (Å²) in [4.78, 5) is 0. The maximum Gasteiger partial charge on any atom is -0.0299 e. The monoisotopic (exact) mass is 168 g/mol. The van der Waals surface area contributed by atoms with Crippen LogP contribution in [0.1, 0.15) is 59.8 Å². The second kappa shape index (κ2) is 6.28. The van der Waals surface area contributed by atoms with Crippen molar-refractivity contribution in [1.82, 2.24) is 0 Å². The van der Waals surface area contributed by atoms with Crippen LogP contribution in [-0.4, -0.2) is 0 Å². The van der Waals surface area contributed by atoms with E-state index < -0.39 is 0 Å². The van der Waals surface area contributed by atoms with E-state index in [0.717, 1.165) is 0 Å². The van der Waals surface area contributed by atoms with Gasteiger partial charge in [0.05, 0.1) is 0 Å². The van der Waals surface area contributed by atoms with Gasteiger partial charge in [-0.15, -0.1) is 0 Å². The lowest BCUT2D eigenvalue weighted by Gasteiger charge is -2.19. The topological polar surface area (TPSA) is 0 Å². The molecule has 72 valence electrons. The molecule has 0 fully saturated rings. The first kappa shape index (κ1) is 11.7. The van der Waals surface area contributed by atoms with Gasteiger partial charge in [-0.3, -0.25) is 0 Å². The van der Waals surface area contributed by atoms with Crippen LogP contribution in [0.4, 0.5) is 0 Å². The lowest BCUT2D eigenvalue weighted by molar-refractivity contribution is 0.356. The Balaban J connectivity index is 3.46. The van der Waals surface area contributed by atoms with Gasteiger partial charge < -0.3 is 0 Å². The van der Waals surface area contributed by atoms with Crippen LogP contribution in [0.3, 0.4) is 0 Å². The molecule has 0 amide bonds. The highest BCUT2D eigenvalue weighted by molar-refractivity contribution is 4.86. The van der Waals surface area contributed by atoms with E-state index in [4.69, 9.17) is 0 Å². The summed E-state index contributed by atoms with van der Waals surface area (Å²) in [6.45, 7) is 9.16. The molecule has 0 unspecified atom stereocenters. The predicted molar refractivity (Wildman–Crippen MR) is 57.4 cm³/mol. The molecule has 12 heavy (non-hydrogen) atoms. The van der Waals surface area contributed by atoms with Gasteiger partial charge in [-0.2, -0.15) is 0 Å². The van der Waals surface area contributed by atoms with E-state index in [1.165, 1.54) is 32.1 Å². The Labute approximate surface area is 78.1 Å². The van der Waals surface area contributed by atoms with Gasteiger partial charge in [0, 0.05) is 0 Å². The van der Waals surface area contributed by atoms with Crippen LogP contribution in [0.2, 0.25) is 0 Å². The van der Waals surface area contributed by atoms with Crippen LogP contribution < -0.4 is 0 Å². The summed E-state index contributed by atoms with van der Waals surface area (Å²) >= 11 is 0. The molecule has 0 N–H and O–H groups in total. The van der Waals surface area contributed by atoms with Crippen molar-refractivity contribution >= 4 is 0 Å². The second-order valence-electron chi connectivity index (χ2n) is 4.34.